The molecule has 0 radical (unpaired) electrons. The second kappa shape index (κ2) is 6.59. The zero-order valence-corrected chi connectivity index (χ0v) is 11.9. The van der Waals surface area contributed by atoms with Gasteiger partial charge >= 0.3 is 0 Å². The van der Waals surface area contributed by atoms with Gasteiger partial charge < -0.3 is 14.1 Å². The van der Waals surface area contributed by atoms with Crippen molar-refractivity contribution < 1.29 is 13.9 Å². The molecule has 4 nitrogen and oxygen atoms in total. The molecule has 0 aliphatic carbocycles. The van der Waals surface area contributed by atoms with Crippen LogP contribution in [0.1, 0.15) is 23.7 Å². The highest BCUT2D eigenvalue weighted by molar-refractivity contribution is 5.77. The van der Waals surface area contributed by atoms with E-state index in [9.17, 15) is 4.79 Å². The van der Waals surface area contributed by atoms with Crippen LogP contribution in [-0.4, -0.2) is 37.1 Å². The van der Waals surface area contributed by atoms with Crippen LogP contribution in [0.3, 0.4) is 0 Å². The fourth-order valence-corrected chi connectivity index (χ4v) is 2.67. The van der Waals surface area contributed by atoms with Gasteiger partial charge in [-0.2, -0.15) is 0 Å². The number of rotatable bonds is 4. The molecule has 1 amide bonds. The molecule has 110 valence electrons. The Kier molecular flexibility index (Phi) is 4.36. The Bertz CT molecular complexity index is 559. The second-order valence-electron chi connectivity index (χ2n) is 5.18. The molecule has 2 heterocycles. The second-order valence-corrected chi connectivity index (χ2v) is 5.18. The molecule has 0 bridgehead atoms. The minimum absolute atomic E-state index is 0.0310. The molecule has 21 heavy (non-hydrogen) atoms. The number of carbonyl (C=O) groups excluding carboxylic acids is 1. The predicted molar refractivity (Wildman–Crippen MR) is 79.0 cm³/mol. The summed E-state index contributed by atoms with van der Waals surface area (Å²) in [5, 5.41) is 0. The molecule has 3 rings (SSSR count). The number of nitrogens with zero attached hydrogens (tertiary/aromatic N) is 1. The summed E-state index contributed by atoms with van der Waals surface area (Å²) in [5.41, 5.74) is 1.11. The molecule has 1 aromatic carbocycles. The van der Waals surface area contributed by atoms with Gasteiger partial charge in [0.25, 0.3) is 0 Å². The summed E-state index contributed by atoms with van der Waals surface area (Å²) in [7, 11) is 0. The number of benzene rings is 1. The highest BCUT2D eigenvalue weighted by Gasteiger charge is 2.24. The van der Waals surface area contributed by atoms with Crippen molar-refractivity contribution in [1.29, 1.82) is 0 Å². The summed E-state index contributed by atoms with van der Waals surface area (Å²) >= 11 is 0. The van der Waals surface area contributed by atoms with Crippen LogP contribution in [0.4, 0.5) is 0 Å². The molecular formula is C17H19NO3. The van der Waals surface area contributed by atoms with Crippen molar-refractivity contribution in [1.82, 2.24) is 4.90 Å². The Balaban J connectivity index is 1.78. The highest BCUT2D eigenvalue weighted by atomic mass is 16.5. The first-order chi connectivity index (χ1) is 10.3. The number of morpholine rings is 1. The van der Waals surface area contributed by atoms with Crippen molar-refractivity contribution in [2.75, 3.05) is 26.3 Å². The number of hydrogen-bond donors (Lipinski definition) is 0. The summed E-state index contributed by atoms with van der Waals surface area (Å²) in [5.74, 6) is 0.961. The minimum Gasteiger partial charge on any atom is -0.469 e. The van der Waals surface area contributed by atoms with E-state index in [2.05, 4.69) is 0 Å². The van der Waals surface area contributed by atoms with E-state index < -0.39 is 0 Å². The van der Waals surface area contributed by atoms with Gasteiger partial charge in [0.1, 0.15) is 5.76 Å². The van der Waals surface area contributed by atoms with E-state index in [0.717, 1.165) is 11.3 Å². The fourth-order valence-electron chi connectivity index (χ4n) is 2.67. The van der Waals surface area contributed by atoms with Gasteiger partial charge in [0.05, 0.1) is 25.4 Å². The van der Waals surface area contributed by atoms with Crippen molar-refractivity contribution in [2.24, 2.45) is 0 Å². The lowest BCUT2D eigenvalue weighted by Gasteiger charge is -2.28. The van der Waals surface area contributed by atoms with Crippen LogP contribution in [0.5, 0.6) is 0 Å². The molecule has 1 atom stereocenters. The van der Waals surface area contributed by atoms with Gasteiger partial charge in [0.15, 0.2) is 0 Å². The first-order valence-corrected chi connectivity index (χ1v) is 7.28. The third kappa shape index (κ3) is 3.34. The lowest BCUT2D eigenvalue weighted by molar-refractivity contribution is -0.135. The standard InChI is InChI=1S/C17H19NO3/c19-17(18-8-11-20-12-9-18)13-15(16-7-4-10-21-16)14-5-2-1-3-6-14/h1-7,10,15H,8-9,11-13H2. The quantitative estimate of drug-likeness (QED) is 0.867. The summed E-state index contributed by atoms with van der Waals surface area (Å²) < 4.78 is 10.8. The fraction of sp³-hybridized carbons (Fsp3) is 0.353. The molecule has 1 aromatic heterocycles. The van der Waals surface area contributed by atoms with Crippen molar-refractivity contribution >= 4 is 5.91 Å². The lowest BCUT2D eigenvalue weighted by atomic mass is 9.92. The average Bonchev–Trinajstić information content (AvgIpc) is 3.08. The molecule has 0 N–H and O–H groups in total. The van der Waals surface area contributed by atoms with Crippen LogP contribution in [0.15, 0.2) is 53.1 Å². The minimum atomic E-state index is -0.0310. The predicted octanol–water partition coefficient (Wildman–Crippen LogP) is 2.66. The van der Waals surface area contributed by atoms with E-state index in [1.165, 1.54) is 0 Å². The number of amides is 1. The van der Waals surface area contributed by atoms with E-state index >= 15 is 0 Å². The van der Waals surface area contributed by atoms with Gasteiger partial charge in [-0.25, -0.2) is 0 Å². The zero-order chi connectivity index (χ0) is 14.5. The van der Waals surface area contributed by atoms with Crippen LogP contribution in [0, 0.1) is 0 Å². The molecule has 0 spiro atoms. The largest absolute Gasteiger partial charge is 0.469 e. The van der Waals surface area contributed by atoms with E-state index in [1.54, 1.807) is 6.26 Å². The molecule has 1 unspecified atom stereocenters. The topological polar surface area (TPSA) is 42.7 Å². The van der Waals surface area contributed by atoms with Crippen LogP contribution < -0.4 is 0 Å². The first kappa shape index (κ1) is 13.9. The van der Waals surface area contributed by atoms with Crippen molar-refractivity contribution in [3.05, 3.63) is 60.1 Å². The lowest BCUT2D eigenvalue weighted by Crippen LogP contribution is -2.41. The van der Waals surface area contributed by atoms with Crippen molar-refractivity contribution in [3.8, 4) is 0 Å². The maximum atomic E-state index is 12.5. The summed E-state index contributed by atoms with van der Waals surface area (Å²) in [4.78, 5) is 14.4. The average molecular weight is 285 g/mol. The van der Waals surface area contributed by atoms with Gasteiger partial charge in [-0.15, -0.1) is 0 Å². The Labute approximate surface area is 124 Å². The van der Waals surface area contributed by atoms with Gasteiger partial charge in [-0.05, 0) is 17.7 Å². The highest BCUT2D eigenvalue weighted by Crippen LogP contribution is 2.29. The van der Waals surface area contributed by atoms with Crippen LogP contribution in [0.25, 0.3) is 0 Å². The number of hydrogen-bond acceptors (Lipinski definition) is 3. The summed E-state index contributed by atoms with van der Waals surface area (Å²) in [6.07, 6.45) is 2.09. The Hall–Kier alpha value is -2.07. The maximum absolute atomic E-state index is 12.5. The van der Waals surface area contributed by atoms with E-state index in [4.69, 9.17) is 9.15 Å². The van der Waals surface area contributed by atoms with E-state index in [0.29, 0.717) is 32.7 Å². The van der Waals surface area contributed by atoms with Gasteiger partial charge in [0.2, 0.25) is 5.91 Å². The molecule has 1 saturated heterocycles. The zero-order valence-electron chi connectivity index (χ0n) is 11.9. The van der Waals surface area contributed by atoms with Crippen molar-refractivity contribution in [2.45, 2.75) is 12.3 Å². The Morgan fingerprint density at radius 3 is 2.52 bits per heavy atom. The summed E-state index contributed by atoms with van der Waals surface area (Å²) in [6.45, 7) is 2.61. The van der Waals surface area contributed by atoms with Gasteiger partial charge in [0, 0.05) is 19.5 Å². The molecular weight excluding hydrogens is 266 g/mol. The molecule has 4 heteroatoms. The van der Waals surface area contributed by atoms with E-state index in [1.807, 2.05) is 47.4 Å². The molecule has 1 aliphatic rings. The smallest absolute Gasteiger partial charge is 0.223 e. The Morgan fingerprint density at radius 2 is 1.86 bits per heavy atom. The number of ether oxygens (including phenoxy) is 1. The normalized spacial score (nSPS) is 16.7. The monoisotopic (exact) mass is 285 g/mol. The van der Waals surface area contributed by atoms with Crippen molar-refractivity contribution in [3.63, 3.8) is 0 Å². The number of carbonyl (C=O) groups is 1. The number of furan rings is 1. The van der Waals surface area contributed by atoms with E-state index in [-0.39, 0.29) is 11.8 Å². The van der Waals surface area contributed by atoms with Gasteiger partial charge in [-0.3, -0.25) is 4.79 Å². The SMILES string of the molecule is O=C(CC(c1ccccc1)c1ccco1)N1CCOCC1. The van der Waals surface area contributed by atoms with Crippen LogP contribution in [-0.2, 0) is 9.53 Å². The molecule has 2 aromatic rings. The third-order valence-corrected chi connectivity index (χ3v) is 3.83. The van der Waals surface area contributed by atoms with Gasteiger partial charge in [-0.1, -0.05) is 30.3 Å². The van der Waals surface area contributed by atoms with Crippen LogP contribution >= 0.6 is 0 Å². The molecule has 1 fully saturated rings. The third-order valence-electron chi connectivity index (χ3n) is 3.83. The molecule has 0 saturated carbocycles. The van der Waals surface area contributed by atoms with Crippen LogP contribution in [0.2, 0.25) is 0 Å². The Morgan fingerprint density at radius 1 is 1.10 bits per heavy atom. The first-order valence-electron chi connectivity index (χ1n) is 7.28. The molecule has 1 aliphatic heterocycles. The maximum Gasteiger partial charge on any atom is 0.223 e. The summed E-state index contributed by atoms with van der Waals surface area (Å²) in [6, 6.07) is 13.8.